The molecule has 21 heavy (non-hydrogen) atoms. The van der Waals surface area contributed by atoms with Crippen LogP contribution in [-0.2, 0) is 6.54 Å². The Balaban J connectivity index is 1.69. The molecular weight excluding hydrogens is 264 g/mol. The molecule has 0 atom stereocenters. The highest BCUT2D eigenvalue weighted by Crippen LogP contribution is 2.21. The average molecular weight is 278 g/mol. The lowest BCUT2D eigenvalue weighted by Crippen LogP contribution is -2.28. The first kappa shape index (κ1) is 13.1. The smallest absolute Gasteiger partial charge is 0.319 e. The summed E-state index contributed by atoms with van der Waals surface area (Å²) in [5.74, 6) is 0. The molecule has 3 rings (SSSR count). The van der Waals surface area contributed by atoms with Crippen LogP contribution in [0.1, 0.15) is 5.56 Å². The van der Waals surface area contributed by atoms with E-state index in [1.165, 1.54) is 0 Å². The summed E-state index contributed by atoms with van der Waals surface area (Å²) in [4.78, 5) is 20.1. The van der Waals surface area contributed by atoms with Gasteiger partial charge in [-0.3, -0.25) is 9.97 Å². The molecule has 2 heterocycles. The number of benzene rings is 1. The Morgan fingerprint density at radius 3 is 2.76 bits per heavy atom. The van der Waals surface area contributed by atoms with Crippen molar-refractivity contribution in [2.45, 2.75) is 6.54 Å². The van der Waals surface area contributed by atoms with Gasteiger partial charge in [0.2, 0.25) is 0 Å². The van der Waals surface area contributed by atoms with Crippen LogP contribution < -0.4 is 10.6 Å². The number of fused-ring (bicyclic) bond motifs is 1. The number of nitrogens with one attached hydrogen (secondary N) is 2. The number of rotatable bonds is 3. The zero-order valence-corrected chi connectivity index (χ0v) is 11.3. The SMILES string of the molecule is O=C(NCc1cccnc1)Nc1cccc2cnccc12. The monoisotopic (exact) mass is 278 g/mol. The molecule has 5 nitrogen and oxygen atoms in total. The molecular formula is C16H14N4O. The number of urea groups is 1. The van der Waals surface area contributed by atoms with E-state index in [1.807, 2.05) is 36.4 Å². The van der Waals surface area contributed by atoms with Gasteiger partial charge in [0, 0.05) is 42.1 Å². The first-order valence-electron chi connectivity index (χ1n) is 6.59. The van der Waals surface area contributed by atoms with Crippen molar-refractivity contribution in [2.24, 2.45) is 0 Å². The van der Waals surface area contributed by atoms with Gasteiger partial charge in [-0.2, -0.15) is 0 Å². The molecule has 0 aliphatic heterocycles. The molecule has 0 bridgehead atoms. The Labute approximate surface area is 122 Å². The van der Waals surface area contributed by atoms with Gasteiger partial charge in [0.25, 0.3) is 0 Å². The van der Waals surface area contributed by atoms with Crippen LogP contribution >= 0.6 is 0 Å². The van der Waals surface area contributed by atoms with Crippen LogP contribution in [0.4, 0.5) is 10.5 Å². The van der Waals surface area contributed by atoms with Gasteiger partial charge in [0.05, 0.1) is 5.69 Å². The second-order valence-corrected chi connectivity index (χ2v) is 4.57. The summed E-state index contributed by atoms with van der Waals surface area (Å²) in [6, 6.07) is 11.1. The summed E-state index contributed by atoms with van der Waals surface area (Å²) in [5, 5.41) is 7.61. The Kier molecular flexibility index (Phi) is 3.73. The normalized spacial score (nSPS) is 10.3. The van der Waals surface area contributed by atoms with Gasteiger partial charge in [-0.15, -0.1) is 0 Å². The molecule has 0 spiro atoms. The highest BCUT2D eigenvalue weighted by atomic mass is 16.2. The number of hydrogen-bond acceptors (Lipinski definition) is 3. The number of hydrogen-bond donors (Lipinski definition) is 2. The molecule has 2 amide bonds. The van der Waals surface area contributed by atoms with Gasteiger partial charge in [-0.1, -0.05) is 18.2 Å². The van der Waals surface area contributed by atoms with E-state index in [4.69, 9.17) is 0 Å². The van der Waals surface area contributed by atoms with Gasteiger partial charge in [-0.05, 0) is 23.8 Å². The fourth-order valence-electron chi connectivity index (χ4n) is 2.08. The molecule has 2 aromatic heterocycles. The van der Waals surface area contributed by atoms with E-state index in [-0.39, 0.29) is 6.03 Å². The molecule has 5 heteroatoms. The fourth-order valence-corrected chi connectivity index (χ4v) is 2.08. The minimum absolute atomic E-state index is 0.247. The summed E-state index contributed by atoms with van der Waals surface area (Å²) in [7, 11) is 0. The number of carbonyl (C=O) groups excluding carboxylic acids is 1. The van der Waals surface area contributed by atoms with Crippen molar-refractivity contribution in [3.05, 3.63) is 66.7 Å². The quantitative estimate of drug-likeness (QED) is 0.774. The zero-order valence-electron chi connectivity index (χ0n) is 11.3. The van der Waals surface area contributed by atoms with E-state index in [9.17, 15) is 4.79 Å². The predicted molar refractivity (Wildman–Crippen MR) is 81.8 cm³/mol. The summed E-state index contributed by atoms with van der Waals surface area (Å²) in [6.07, 6.45) is 6.91. The third kappa shape index (κ3) is 3.14. The second kappa shape index (κ2) is 6.00. The molecule has 3 aromatic rings. The van der Waals surface area contributed by atoms with E-state index in [1.54, 1.807) is 24.8 Å². The van der Waals surface area contributed by atoms with Crippen molar-refractivity contribution in [1.82, 2.24) is 15.3 Å². The standard InChI is InChI=1S/C16H14N4O/c21-16(19-10-12-3-2-7-17-9-12)20-15-5-1-4-13-11-18-8-6-14(13)15/h1-9,11H,10H2,(H2,19,20,21). The molecule has 0 unspecified atom stereocenters. The van der Waals surface area contributed by atoms with Crippen molar-refractivity contribution in [1.29, 1.82) is 0 Å². The predicted octanol–water partition coefficient (Wildman–Crippen LogP) is 2.95. The van der Waals surface area contributed by atoms with E-state index in [0.717, 1.165) is 22.0 Å². The first-order valence-corrected chi connectivity index (χ1v) is 6.59. The van der Waals surface area contributed by atoms with Gasteiger partial charge >= 0.3 is 6.03 Å². The first-order chi connectivity index (χ1) is 10.3. The lowest BCUT2D eigenvalue weighted by Gasteiger charge is -2.09. The third-order valence-corrected chi connectivity index (χ3v) is 3.10. The molecule has 0 aliphatic rings. The van der Waals surface area contributed by atoms with Crippen molar-refractivity contribution >= 4 is 22.5 Å². The van der Waals surface area contributed by atoms with Crippen molar-refractivity contribution in [3.63, 3.8) is 0 Å². The molecule has 0 fully saturated rings. The molecule has 0 saturated heterocycles. The molecule has 0 saturated carbocycles. The Morgan fingerprint density at radius 1 is 1.00 bits per heavy atom. The van der Waals surface area contributed by atoms with Crippen LogP contribution in [-0.4, -0.2) is 16.0 Å². The Morgan fingerprint density at radius 2 is 1.90 bits per heavy atom. The van der Waals surface area contributed by atoms with E-state index in [2.05, 4.69) is 20.6 Å². The van der Waals surface area contributed by atoms with Gasteiger partial charge in [-0.25, -0.2) is 4.79 Å². The highest BCUT2D eigenvalue weighted by molar-refractivity contribution is 6.01. The van der Waals surface area contributed by atoms with Gasteiger partial charge < -0.3 is 10.6 Å². The molecule has 0 radical (unpaired) electrons. The summed E-state index contributed by atoms with van der Waals surface area (Å²) in [5.41, 5.74) is 1.72. The van der Waals surface area contributed by atoms with Crippen molar-refractivity contribution < 1.29 is 4.79 Å². The van der Waals surface area contributed by atoms with Crippen molar-refractivity contribution in [3.8, 4) is 0 Å². The van der Waals surface area contributed by atoms with Crippen LogP contribution in [0.5, 0.6) is 0 Å². The van der Waals surface area contributed by atoms with Crippen LogP contribution in [0.25, 0.3) is 10.8 Å². The van der Waals surface area contributed by atoms with Gasteiger partial charge in [0.1, 0.15) is 0 Å². The molecule has 104 valence electrons. The van der Waals surface area contributed by atoms with Crippen molar-refractivity contribution in [2.75, 3.05) is 5.32 Å². The number of carbonyl (C=O) groups is 1. The minimum atomic E-state index is -0.247. The number of aromatic nitrogens is 2. The third-order valence-electron chi connectivity index (χ3n) is 3.10. The Bertz CT molecular complexity index is 753. The molecule has 1 aromatic carbocycles. The largest absolute Gasteiger partial charge is 0.334 e. The maximum Gasteiger partial charge on any atom is 0.319 e. The number of anilines is 1. The van der Waals surface area contributed by atoms with Crippen LogP contribution in [0.15, 0.2) is 61.2 Å². The van der Waals surface area contributed by atoms with Crippen LogP contribution in [0.3, 0.4) is 0 Å². The maximum atomic E-state index is 12.0. The van der Waals surface area contributed by atoms with E-state index in [0.29, 0.717) is 6.54 Å². The van der Waals surface area contributed by atoms with Crippen LogP contribution in [0, 0.1) is 0 Å². The lowest BCUT2D eigenvalue weighted by atomic mass is 10.1. The number of amides is 2. The molecule has 0 aliphatic carbocycles. The average Bonchev–Trinajstić information content (AvgIpc) is 2.54. The lowest BCUT2D eigenvalue weighted by molar-refractivity contribution is 0.252. The summed E-state index contributed by atoms with van der Waals surface area (Å²) < 4.78 is 0. The van der Waals surface area contributed by atoms with Crippen LogP contribution in [0.2, 0.25) is 0 Å². The highest BCUT2D eigenvalue weighted by Gasteiger charge is 2.05. The zero-order chi connectivity index (χ0) is 14.5. The second-order valence-electron chi connectivity index (χ2n) is 4.57. The Hall–Kier alpha value is -2.95. The maximum absolute atomic E-state index is 12.0. The summed E-state index contributed by atoms with van der Waals surface area (Å²) in [6.45, 7) is 0.437. The molecule has 2 N–H and O–H groups in total. The van der Waals surface area contributed by atoms with E-state index >= 15 is 0 Å². The van der Waals surface area contributed by atoms with Gasteiger partial charge in [0.15, 0.2) is 0 Å². The minimum Gasteiger partial charge on any atom is -0.334 e. The summed E-state index contributed by atoms with van der Waals surface area (Å²) >= 11 is 0. The topological polar surface area (TPSA) is 66.9 Å². The number of pyridine rings is 2. The number of nitrogens with zero attached hydrogens (tertiary/aromatic N) is 2. The van der Waals surface area contributed by atoms with E-state index < -0.39 is 0 Å². The fraction of sp³-hybridized carbons (Fsp3) is 0.0625.